The van der Waals surface area contributed by atoms with Gasteiger partial charge in [-0.05, 0) is 67.4 Å². The lowest BCUT2D eigenvalue weighted by Gasteiger charge is -2.13. The maximum atomic E-state index is 13.0. The average Bonchev–Trinajstić information content (AvgIpc) is 3.06. The monoisotopic (exact) mass is 401 g/mol. The molecule has 4 rings (SSSR count). The molecule has 0 atom stereocenters. The van der Waals surface area contributed by atoms with Crippen LogP contribution in [0.3, 0.4) is 0 Å². The van der Waals surface area contributed by atoms with Crippen molar-refractivity contribution in [3.8, 4) is 16.9 Å². The molecule has 0 aliphatic heterocycles. The summed E-state index contributed by atoms with van der Waals surface area (Å²) in [7, 11) is 0. The molecule has 0 saturated carbocycles. The van der Waals surface area contributed by atoms with Crippen LogP contribution in [0, 0.1) is 13.8 Å². The van der Waals surface area contributed by atoms with Gasteiger partial charge in [-0.1, -0.05) is 35.9 Å². The zero-order chi connectivity index (χ0) is 20.4. The molecule has 0 fully saturated rings. The summed E-state index contributed by atoms with van der Waals surface area (Å²) in [5.41, 5.74) is 6.28. The van der Waals surface area contributed by atoms with Crippen molar-refractivity contribution < 1.29 is 4.79 Å². The first kappa shape index (κ1) is 19.0. The molecule has 0 unspecified atom stereocenters. The van der Waals surface area contributed by atoms with Crippen LogP contribution in [0.4, 0.5) is 5.69 Å². The molecule has 5 heteroatoms. The predicted octanol–water partition coefficient (Wildman–Crippen LogP) is 6.06. The van der Waals surface area contributed by atoms with Crippen LogP contribution in [-0.2, 0) is 0 Å². The molecular weight excluding hydrogens is 382 g/mol. The van der Waals surface area contributed by atoms with Crippen molar-refractivity contribution in [3.63, 3.8) is 0 Å². The van der Waals surface area contributed by atoms with E-state index in [4.69, 9.17) is 11.6 Å². The van der Waals surface area contributed by atoms with E-state index in [1.807, 2.05) is 49.4 Å². The van der Waals surface area contributed by atoms with E-state index in [-0.39, 0.29) is 5.91 Å². The normalized spacial score (nSPS) is 10.7. The first-order valence-electron chi connectivity index (χ1n) is 9.29. The maximum Gasteiger partial charge on any atom is 0.257 e. The van der Waals surface area contributed by atoms with Crippen LogP contribution in [0.2, 0.25) is 5.02 Å². The van der Waals surface area contributed by atoms with Gasteiger partial charge in [0.2, 0.25) is 0 Å². The first-order chi connectivity index (χ1) is 14.0. The Bertz CT molecular complexity index is 1160. The Balaban J connectivity index is 1.84. The number of rotatable bonds is 4. The molecule has 2 aromatic carbocycles. The number of halogens is 1. The van der Waals surface area contributed by atoms with Gasteiger partial charge in [-0.2, -0.15) is 0 Å². The van der Waals surface area contributed by atoms with E-state index >= 15 is 0 Å². The van der Waals surface area contributed by atoms with Crippen LogP contribution in [-0.4, -0.2) is 15.5 Å². The lowest BCUT2D eigenvalue weighted by atomic mass is 10.1. The Morgan fingerprint density at radius 2 is 1.69 bits per heavy atom. The second kappa shape index (κ2) is 7.94. The quantitative estimate of drug-likeness (QED) is 0.451. The number of aryl methyl sites for hydroxylation is 1. The van der Waals surface area contributed by atoms with Gasteiger partial charge in [-0.15, -0.1) is 0 Å². The Hall–Kier alpha value is -3.37. The van der Waals surface area contributed by atoms with Gasteiger partial charge < -0.3 is 9.88 Å². The number of anilines is 1. The van der Waals surface area contributed by atoms with Crippen molar-refractivity contribution in [2.24, 2.45) is 0 Å². The second-order valence-corrected chi connectivity index (χ2v) is 7.34. The zero-order valence-corrected chi connectivity index (χ0v) is 16.9. The minimum atomic E-state index is -0.157. The molecule has 4 aromatic rings. The summed E-state index contributed by atoms with van der Waals surface area (Å²) in [5, 5.41) is 3.63. The highest BCUT2D eigenvalue weighted by Crippen LogP contribution is 2.31. The molecule has 2 aromatic heterocycles. The van der Waals surface area contributed by atoms with E-state index < -0.39 is 0 Å². The highest BCUT2D eigenvalue weighted by atomic mass is 35.5. The number of pyridine rings is 1. The minimum Gasteiger partial charge on any atom is -0.322 e. The fourth-order valence-corrected chi connectivity index (χ4v) is 3.53. The van der Waals surface area contributed by atoms with E-state index in [9.17, 15) is 4.79 Å². The Morgan fingerprint density at radius 3 is 2.38 bits per heavy atom. The lowest BCUT2D eigenvalue weighted by Crippen LogP contribution is -2.13. The summed E-state index contributed by atoms with van der Waals surface area (Å²) in [6.45, 7) is 4.02. The Kier molecular flexibility index (Phi) is 5.19. The number of carbonyl (C=O) groups excluding carboxylic acids is 1. The summed E-state index contributed by atoms with van der Waals surface area (Å²) < 4.78 is 2.11. The smallest absolute Gasteiger partial charge is 0.257 e. The van der Waals surface area contributed by atoms with Gasteiger partial charge in [0.1, 0.15) is 0 Å². The van der Waals surface area contributed by atoms with E-state index in [0.717, 1.165) is 28.2 Å². The first-order valence-corrected chi connectivity index (χ1v) is 9.67. The molecule has 0 bridgehead atoms. The van der Waals surface area contributed by atoms with Gasteiger partial charge in [0.15, 0.2) is 0 Å². The van der Waals surface area contributed by atoms with Crippen molar-refractivity contribution in [1.82, 2.24) is 9.55 Å². The molecule has 29 heavy (non-hydrogen) atoms. The van der Waals surface area contributed by atoms with Crippen molar-refractivity contribution in [2.45, 2.75) is 13.8 Å². The average molecular weight is 402 g/mol. The number of nitrogens with zero attached hydrogens (tertiary/aromatic N) is 2. The summed E-state index contributed by atoms with van der Waals surface area (Å²) in [6.07, 6.45) is 3.30. The minimum absolute atomic E-state index is 0.157. The van der Waals surface area contributed by atoms with E-state index in [1.165, 1.54) is 0 Å². The van der Waals surface area contributed by atoms with Gasteiger partial charge in [0.25, 0.3) is 5.91 Å². The van der Waals surface area contributed by atoms with Crippen molar-refractivity contribution in [3.05, 3.63) is 101 Å². The standard InChI is InChI=1S/C24H20ClN3O/c1-16-4-3-5-21(14-16)28-17(2)22(24(29)27-20-10-12-26-13-11-20)15-23(28)18-6-8-19(25)9-7-18/h3-15H,1-2H3,(H,26,27,29). The van der Waals surface area contributed by atoms with Gasteiger partial charge >= 0.3 is 0 Å². The van der Waals surface area contributed by atoms with Gasteiger partial charge in [-0.3, -0.25) is 9.78 Å². The molecule has 4 nitrogen and oxygen atoms in total. The number of amides is 1. The molecule has 0 spiro atoms. The van der Waals surface area contributed by atoms with Crippen LogP contribution in [0.25, 0.3) is 16.9 Å². The SMILES string of the molecule is Cc1cccc(-n2c(-c3ccc(Cl)cc3)cc(C(=O)Nc3ccncc3)c2C)c1. The summed E-state index contributed by atoms with van der Waals surface area (Å²) >= 11 is 6.08. The summed E-state index contributed by atoms with van der Waals surface area (Å²) in [4.78, 5) is 17.0. The molecule has 0 aliphatic carbocycles. The molecule has 1 amide bonds. The van der Waals surface area contributed by atoms with Gasteiger partial charge in [0.05, 0.1) is 11.3 Å². The third-order valence-corrected chi connectivity index (χ3v) is 5.08. The number of nitrogens with one attached hydrogen (secondary N) is 1. The van der Waals surface area contributed by atoms with Crippen molar-refractivity contribution in [2.75, 3.05) is 5.32 Å². The molecule has 2 heterocycles. The number of hydrogen-bond acceptors (Lipinski definition) is 2. The van der Waals surface area contributed by atoms with Crippen LogP contribution in [0.15, 0.2) is 79.1 Å². The van der Waals surface area contributed by atoms with Crippen LogP contribution in [0.5, 0.6) is 0 Å². The number of aromatic nitrogens is 2. The molecule has 0 radical (unpaired) electrons. The Morgan fingerprint density at radius 1 is 0.966 bits per heavy atom. The molecule has 0 saturated heterocycles. The Labute approximate surface area is 174 Å². The van der Waals surface area contributed by atoms with Crippen LogP contribution in [0.1, 0.15) is 21.6 Å². The topological polar surface area (TPSA) is 46.9 Å². The fraction of sp³-hybridized carbons (Fsp3) is 0.0833. The summed E-state index contributed by atoms with van der Waals surface area (Å²) in [6, 6.07) is 21.3. The number of benzene rings is 2. The third kappa shape index (κ3) is 3.93. The van der Waals surface area contributed by atoms with Crippen LogP contribution >= 0.6 is 11.6 Å². The fourth-order valence-electron chi connectivity index (χ4n) is 3.40. The van der Waals surface area contributed by atoms with E-state index in [0.29, 0.717) is 16.3 Å². The molecule has 144 valence electrons. The number of carbonyl (C=O) groups is 1. The highest BCUT2D eigenvalue weighted by molar-refractivity contribution is 6.30. The third-order valence-electron chi connectivity index (χ3n) is 4.83. The van der Waals surface area contributed by atoms with Crippen LogP contribution < -0.4 is 5.32 Å². The van der Waals surface area contributed by atoms with E-state index in [2.05, 4.69) is 33.9 Å². The van der Waals surface area contributed by atoms with Crippen molar-refractivity contribution >= 4 is 23.2 Å². The van der Waals surface area contributed by atoms with Gasteiger partial charge in [0, 0.05) is 34.5 Å². The predicted molar refractivity (Wildman–Crippen MR) is 118 cm³/mol. The molecule has 0 aliphatic rings. The lowest BCUT2D eigenvalue weighted by molar-refractivity contribution is 0.102. The molecule has 1 N–H and O–H groups in total. The zero-order valence-electron chi connectivity index (χ0n) is 16.2. The van der Waals surface area contributed by atoms with Gasteiger partial charge in [-0.25, -0.2) is 0 Å². The summed E-state index contributed by atoms with van der Waals surface area (Å²) in [5.74, 6) is -0.157. The second-order valence-electron chi connectivity index (χ2n) is 6.90. The maximum absolute atomic E-state index is 13.0. The molecular formula is C24H20ClN3O. The largest absolute Gasteiger partial charge is 0.322 e. The number of hydrogen-bond donors (Lipinski definition) is 1. The van der Waals surface area contributed by atoms with Crippen molar-refractivity contribution in [1.29, 1.82) is 0 Å². The highest BCUT2D eigenvalue weighted by Gasteiger charge is 2.20. The van der Waals surface area contributed by atoms with E-state index in [1.54, 1.807) is 24.5 Å².